The molecule has 2 rings (SSSR count). The summed E-state index contributed by atoms with van der Waals surface area (Å²) in [6.45, 7) is 0. The summed E-state index contributed by atoms with van der Waals surface area (Å²) in [5.41, 5.74) is 1.25. The van der Waals surface area contributed by atoms with E-state index in [4.69, 9.17) is 23.2 Å². The first kappa shape index (κ1) is 16.4. The summed E-state index contributed by atoms with van der Waals surface area (Å²) in [6.07, 6.45) is -0.226. The van der Waals surface area contributed by atoms with Gasteiger partial charge in [0, 0.05) is 16.0 Å². The smallest absolute Gasteiger partial charge is 0.304 e. The highest BCUT2D eigenvalue weighted by Gasteiger charge is 2.30. The van der Waals surface area contributed by atoms with E-state index in [1.807, 2.05) is 18.2 Å². The van der Waals surface area contributed by atoms with E-state index in [-0.39, 0.29) is 6.42 Å². The van der Waals surface area contributed by atoms with Crippen LogP contribution >= 0.6 is 23.2 Å². The molecule has 0 amide bonds. The van der Waals surface area contributed by atoms with Crippen molar-refractivity contribution >= 4 is 29.2 Å². The maximum absolute atomic E-state index is 11.3. The first-order valence-electron chi connectivity index (χ1n) is 6.65. The molecule has 0 radical (unpaired) electrons. The van der Waals surface area contributed by atoms with Crippen molar-refractivity contribution in [1.29, 1.82) is 5.26 Å². The molecular formula is C17H13Cl2NO2. The highest BCUT2D eigenvalue weighted by molar-refractivity contribution is 6.36. The van der Waals surface area contributed by atoms with Crippen LogP contribution in [-0.2, 0) is 4.79 Å². The number of benzene rings is 2. The molecule has 0 spiro atoms. The zero-order valence-electron chi connectivity index (χ0n) is 11.5. The van der Waals surface area contributed by atoms with E-state index in [0.717, 1.165) is 5.56 Å². The minimum Gasteiger partial charge on any atom is -0.481 e. The van der Waals surface area contributed by atoms with E-state index in [1.54, 1.807) is 30.3 Å². The standard InChI is InChI=1S/C17H13Cl2NO2/c18-14-7-4-8-15(19)17(14)12(9-16(21)22)13(10-20)11-5-2-1-3-6-11/h1-8,12-13H,9H2,(H,21,22). The molecule has 0 aliphatic carbocycles. The third-order valence-corrected chi connectivity index (χ3v) is 4.12. The minimum absolute atomic E-state index is 0.226. The van der Waals surface area contributed by atoms with E-state index in [2.05, 4.69) is 6.07 Å². The Balaban J connectivity index is 2.55. The summed E-state index contributed by atoms with van der Waals surface area (Å²) < 4.78 is 0. The monoisotopic (exact) mass is 333 g/mol. The quantitative estimate of drug-likeness (QED) is 0.849. The molecule has 22 heavy (non-hydrogen) atoms. The van der Waals surface area contributed by atoms with Gasteiger partial charge in [-0.15, -0.1) is 0 Å². The van der Waals surface area contributed by atoms with Gasteiger partial charge in [0.25, 0.3) is 0 Å². The summed E-state index contributed by atoms with van der Waals surface area (Å²) in [7, 11) is 0. The molecule has 0 aliphatic heterocycles. The SMILES string of the molecule is N#CC(c1ccccc1)C(CC(=O)O)c1c(Cl)cccc1Cl. The fraction of sp³-hybridized carbons (Fsp3) is 0.176. The van der Waals surface area contributed by atoms with Crippen molar-refractivity contribution in [2.45, 2.75) is 18.3 Å². The van der Waals surface area contributed by atoms with Crippen LogP contribution in [0.5, 0.6) is 0 Å². The second kappa shape index (κ2) is 7.31. The Morgan fingerprint density at radius 2 is 1.68 bits per heavy atom. The summed E-state index contributed by atoms with van der Waals surface area (Å²) >= 11 is 12.4. The van der Waals surface area contributed by atoms with Crippen LogP contribution in [0.1, 0.15) is 29.4 Å². The van der Waals surface area contributed by atoms with Gasteiger partial charge >= 0.3 is 5.97 Å². The summed E-state index contributed by atoms with van der Waals surface area (Å²) in [5.74, 6) is -2.27. The van der Waals surface area contributed by atoms with Gasteiger partial charge in [-0.2, -0.15) is 5.26 Å². The Hall–Kier alpha value is -2.02. The number of nitrogens with zero attached hydrogens (tertiary/aromatic N) is 1. The van der Waals surface area contributed by atoms with Crippen LogP contribution < -0.4 is 0 Å². The van der Waals surface area contributed by atoms with Crippen LogP contribution in [0, 0.1) is 11.3 Å². The summed E-state index contributed by atoms with van der Waals surface area (Å²) in [5, 5.41) is 19.5. The van der Waals surface area contributed by atoms with Gasteiger partial charge in [-0.1, -0.05) is 59.6 Å². The largest absolute Gasteiger partial charge is 0.481 e. The molecule has 112 valence electrons. The number of hydrogen-bond donors (Lipinski definition) is 1. The normalized spacial score (nSPS) is 13.1. The molecule has 2 atom stereocenters. The van der Waals surface area contributed by atoms with E-state index in [0.29, 0.717) is 15.6 Å². The molecule has 0 saturated carbocycles. The maximum Gasteiger partial charge on any atom is 0.304 e. The number of carboxylic acid groups (broad SMARTS) is 1. The van der Waals surface area contributed by atoms with Gasteiger partial charge in [0.05, 0.1) is 18.4 Å². The number of nitriles is 1. The lowest BCUT2D eigenvalue weighted by Gasteiger charge is -2.23. The highest BCUT2D eigenvalue weighted by atomic mass is 35.5. The molecule has 0 bridgehead atoms. The Bertz CT molecular complexity index is 690. The molecule has 2 unspecified atom stereocenters. The lowest BCUT2D eigenvalue weighted by atomic mass is 9.80. The third-order valence-electron chi connectivity index (χ3n) is 3.47. The maximum atomic E-state index is 11.3. The average Bonchev–Trinajstić information content (AvgIpc) is 2.48. The van der Waals surface area contributed by atoms with Crippen molar-refractivity contribution in [3.05, 3.63) is 69.7 Å². The zero-order valence-corrected chi connectivity index (χ0v) is 13.1. The predicted molar refractivity (Wildman–Crippen MR) is 86.3 cm³/mol. The number of hydrogen-bond acceptors (Lipinski definition) is 2. The van der Waals surface area contributed by atoms with Crippen LogP contribution in [0.25, 0.3) is 0 Å². The Kier molecular flexibility index (Phi) is 5.43. The summed E-state index contributed by atoms with van der Waals surface area (Å²) in [6, 6.07) is 16.2. The van der Waals surface area contributed by atoms with Crippen molar-refractivity contribution in [2.75, 3.05) is 0 Å². The second-order valence-corrected chi connectivity index (χ2v) is 5.67. The van der Waals surface area contributed by atoms with Gasteiger partial charge in [-0.3, -0.25) is 4.79 Å². The fourth-order valence-corrected chi connectivity index (χ4v) is 3.17. The third kappa shape index (κ3) is 3.59. The molecule has 0 saturated heterocycles. The van der Waals surface area contributed by atoms with Crippen LogP contribution in [0.4, 0.5) is 0 Å². The summed E-state index contributed by atoms with van der Waals surface area (Å²) in [4.78, 5) is 11.3. The van der Waals surface area contributed by atoms with Crippen molar-refractivity contribution in [3.63, 3.8) is 0 Å². The van der Waals surface area contributed by atoms with E-state index in [1.165, 1.54) is 0 Å². The van der Waals surface area contributed by atoms with Crippen molar-refractivity contribution in [2.24, 2.45) is 0 Å². The lowest BCUT2D eigenvalue weighted by Crippen LogP contribution is -2.15. The van der Waals surface area contributed by atoms with Crippen LogP contribution in [-0.4, -0.2) is 11.1 Å². The molecule has 3 nitrogen and oxygen atoms in total. The number of carbonyl (C=O) groups is 1. The van der Waals surface area contributed by atoms with E-state index >= 15 is 0 Å². The predicted octanol–water partition coefficient (Wildman–Crippen LogP) is 4.86. The number of rotatable bonds is 5. The lowest BCUT2D eigenvalue weighted by molar-refractivity contribution is -0.137. The Labute approximate surface area is 138 Å². The molecule has 2 aromatic rings. The van der Waals surface area contributed by atoms with Crippen molar-refractivity contribution in [1.82, 2.24) is 0 Å². The highest BCUT2D eigenvalue weighted by Crippen LogP contribution is 2.41. The molecule has 0 heterocycles. The number of aliphatic carboxylic acids is 1. The van der Waals surface area contributed by atoms with Gasteiger partial charge in [-0.25, -0.2) is 0 Å². The first-order chi connectivity index (χ1) is 10.5. The Morgan fingerprint density at radius 3 is 2.18 bits per heavy atom. The second-order valence-electron chi connectivity index (χ2n) is 4.86. The first-order valence-corrected chi connectivity index (χ1v) is 7.40. The van der Waals surface area contributed by atoms with E-state index in [9.17, 15) is 15.2 Å². The number of carboxylic acids is 1. The average molecular weight is 334 g/mol. The Morgan fingerprint density at radius 1 is 1.09 bits per heavy atom. The topological polar surface area (TPSA) is 61.1 Å². The van der Waals surface area contributed by atoms with Crippen molar-refractivity contribution in [3.8, 4) is 6.07 Å². The van der Waals surface area contributed by atoms with Gasteiger partial charge in [0.1, 0.15) is 0 Å². The van der Waals surface area contributed by atoms with Gasteiger partial charge in [-0.05, 0) is 23.3 Å². The molecule has 0 aliphatic rings. The van der Waals surface area contributed by atoms with Crippen LogP contribution in [0.2, 0.25) is 10.0 Å². The number of halogens is 2. The van der Waals surface area contributed by atoms with Crippen molar-refractivity contribution < 1.29 is 9.90 Å². The van der Waals surface area contributed by atoms with Crippen LogP contribution in [0.3, 0.4) is 0 Å². The van der Waals surface area contributed by atoms with Gasteiger partial charge in [0.2, 0.25) is 0 Å². The fourth-order valence-electron chi connectivity index (χ4n) is 2.50. The van der Waals surface area contributed by atoms with Gasteiger partial charge < -0.3 is 5.11 Å². The van der Waals surface area contributed by atoms with Crippen LogP contribution in [0.15, 0.2) is 48.5 Å². The van der Waals surface area contributed by atoms with Gasteiger partial charge in [0.15, 0.2) is 0 Å². The molecule has 5 heteroatoms. The molecule has 1 N–H and O–H groups in total. The minimum atomic E-state index is -1.00. The van der Waals surface area contributed by atoms with E-state index < -0.39 is 17.8 Å². The molecular weight excluding hydrogens is 321 g/mol. The molecule has 2 aromatic carbocycles. The molecule has 0 fully saturated rings. The zero-order chi connectivity index (χ0) is 16.1. The molecule has 0 aromatic heterocycles.